The molecule has 0 aliphatic carbocycles. The highest BCUT2D eigenvalue weighted by molar-refractivity contribution is 5.26. The standard InChI is InChI=1S/C17H30N2O/c1-7-8-19-16(9-13(2)17(3,4)5)14-10-15(20-6)12-18-11-14/h10-13,16,19H,7-9H2,1-6H3. The lowest BCUT2D eigenvalue weighted by molar-refractivity contribution is 0.223. The van der Waals surface area contributed by atoms with E-state index >= 15 is 0 Å². The summed E-state index contributed by atoms with van der Waals surface area (Å²) in [7, 11) is 1.69. The molecule has 114 valence electrons. The van der Waals surface area contributed by atoms with Gasteiger partial charge in [-0.25, -0.2) is 0 Å². The van der Waals surface area contributed by atoms with E-state index in [4.69, 9.17) is 4.74 Å². The highest BCUT2D eigenvalue weighted by Gasteiger charge is 2.24. The summed E-state index contributed by atoms with van der Waals surface area (Å²) in [5.41, 5.74) is 1.53. The van der Waals surface area contributed by atoms with Crippen molar-refractivity contribution >= 4 is 0 Å². The van der Waals surface area contributed by atoms with E-state index in [0.29, 0.717) is 17.4 Å². The SMILES string of the molecule is CCCNC(CC(C)C(C)(C)C)c1cncc(OC)c1. The molecule has 2 atom stereocenters. The fourth-order valence-electron chi connectivity index (χ4n) is 2.10. The first kappa shape index (κ1) is 17.0. The molecule has 0 aliphatic heterocycles. The van der Waals surface area contributed by atoms with Crippen molar-refractivity contribution in [3.63, 3.8) is 0 Å². The van der Waals surface area contributed by atoms with E-state index < -0.39 is 0 Å². The zero-order valence-electron chi connectivity index (χ0n) is 13.9. The molecule has 1 N–H and O–H groups in total. The van der Waals surface area contributed by atoms with Crippen molar-refractivity contribution in [2.24, 2.45) is 11.3 Å². The van der Waals surface area contributed by atoms with Crippen LogP contribution in [0.25, 0.3) is 0 Å². The molecule has 1 aromatic heterocycles. The minimum atomic E-state index is 0.318. The van der Waals surface area contributed by atoms with Gasteiger partial charge in [-0.3, -0.25) is 4.98 Å². The first-order valence-electron chi connectivity index (χ1n) is 7.60. The number of pyridine rings is 1. The average molecular weight is 278 g/mol. The van der Waals surface area contributed by atoms with Gasteiger partial charge in [0, 0.05) is 12.2 Å². The van der Waals surface area contributed by atoms with E-state index in [1.165, 1.54) is 5.56 Å². The van der Waals surface area contributed by atoms with Crippen LogP contribution >= 0.6 is 0 Å². The topological polar surface area (TPSA) is 34.2 Å². The molecule has 0 bridgehead atoms. The fraction of sp³-hybridized carbons (Fsp3) is 0.706. The van der Waals surface area contributed by atoms with Gasteiger partial charge in [0.05, 0.1) is 13.3 Å². The third kappa shape index (κ3) is 5.12. The Kier molecular flexibility index (Phi) is 6.47. The van der Waals surface area contributed by atoms with Gasteiger partial charge in [-0.2, -0.15) is 0 Å². The second-order valence-corrected chi connectivity index (χ2v) is 6.67. The van der Waals surface area contributed by atoms with E-state index in [1.54, 1.807) is 13.3 Å². The Bertz CT molecular complexity index is 398. The van der Waals surface area contributed by atoms with E-state index in [1.807, 2.05) is 6.20 Å². The largest absolute Gasteiger partial charge is 0.495 e. The Labute approximate surface area is 124 Å². The number of methoxy groups -OCH3 is 1. The monoisotopic (exact) mass is 278 g/mol. The minimum Gasteiger partial charge on any atom is -0.495 e. The zero-order valence-corrected chi connectivity index (χ0v) is 13.9. The number of hydrogen-bond donors (Lipinski definition) is 1. The third-order valence-corrected chi connectivity index (χ3v) is 4.08. The van der Waals surface area contributed by atoms with Crippen molar-refractivity contribution in [1.29, 1.82) is 0 Å². The number of nitrogens with zero attached hydrogens (tertiary/aromatic N) is 1. The lowest BCUT2D eigenvalue weighted by Crippen LogP contribution is -2.28. The van der Waals surface area contributed by atoms with Crippen LogP contribution in [-0.2, 0) is 0 Å². The summed E-state index contributed by atoms with van der Waals surface area (Å²) in [6.45, 7) is 12.5. The number of nitrogens with one attached hydrogen (secondary N) is 1. The van der Waals surface area contributed by atoms with Crippen LogP contribution in [0.1, 0.15) is 59.1 Å². The predicted octanol–water partition coefficient (Wildman–Crippen LogP) is 4.20. The Balaban J connectivity index is 2.87. The molecule has 0 radical (unpaired) electrons. The molecular weight excluding hydrogens is 248 g/mol. The zero-order chi connectivity index (χ0) is 15.2. The van der Waals surface area contributed by atoms with Gasteiger partial charge in [-0.1, -0.05) is 34.6 Å². The molecular formula is C17H30N2O. The first-order valence-corrected chi connectivity index (χ1v) is 7.60. The van der Waals surface area contributed by atoms with Gasteiger partial charge in [0.2, 0.25) is 0 Å². The predicted molar refractivity (Wildman–Crippen MR) is 85.1 cm³/mol. The molecule has 0 saturated heterocycles. The van der Waals surface area contributed by atoms with Gasteiger partial charge in [-0.15, -0.1) is 0 Å². The Hall–Kier alpha value is -1.09. The van der Waals surface area contributed by atoms with E-state index in [9.17, 15) is 0 Å². The summed E-state index contributed by atoms with van der Waals surface area (Å²) >= 11 is 0. The summed E-state index contributed by atoms with van der Waals surface area (Å²) in [4.78, 5) is 4.29. The summed E-state index contributed by atoms with van der Waals surface area (Å²) < 4.78 is 5.29. The quantitative estimate of drug-likeness (QED) is 0.811. The fourth-order valence-corrected chi connectivity index (χ4v) is 2.10. The van der Waals surface area contributed by atoms with Crippen LogP contribution in [0.3, 0.4) is 0 Å². The highest BCUT2D eigenvalue weighted by Crippen LogP contribution is 2.33. The summed E-state index contributed by atoms with van der Waals surface area (Å²) in [6.07, 6.45) is 5.95. The van der Waals surface area contributed by atoms with Crippen molar-refractivity contribution in [2.45, 2.75) is 53.5 Å². The molecule has 0 spiro atoms. The van der Waals surface area contributed by atoms with Crippen LogP contribution in [-0.4, -0.2) is 18.6 Å². The molecule has 3 heteroatoms. The molecule has 0 aromatic carbocycles. The molecule has 1 aromatic rings. The normalized spacial score (nSPS) is 14.9. The maximum absolute atomic E-state index is 5.29. The number of hydrogen-bond acceptors (Lipinski definition) is 3. The Morgan fingerprint density at radius 3 is 2.55 bits per heavy atom. The maximum atomic E-state index is 5.29. The second kappa shape index (κ2) is 7.63. The third-order valence-electron chi connectivity index (χ3n) is 4.08. The maximum Gasteiger partial charge on any atom is 0.137 e. The van der Waals surface area contributed by atoms with Crippen molar-refractivity contribution in [3.05, 3.63) is 24.0 Å². The summed E-state index contributed by atoms with van der Waals surface area (Å²) in [6, 6.07) is 2.43. The molecule has 3 nitrogen and oxygen atoms in total. The number of rotatable bonds is 7. The van der Waals surface area contributed by atoms with Crippen LogP contribution in [0.4, 0.5) is 0 Å². The first-order chi connectivity index (χ1) is 9.38. The van der Waals surface area contributed by atoms with Gasteiger partial charge < -0.3 is 10.1 Å². The van der Waals surface area contributed by atoms with Crippen LogP contribution in [0.5, 0.6) is 5.75 Å². The van der Waals surface area contributed by atoms with Crippen molar-refractivity contribution < 1.29 is 4.74 Å². The van der Waals surface area contributed by atoms with Gasteiger partial charge in [0.25, 0.3) is 0 Å². The molecule has 0 aliphatic rings. The molecule has 1 rings (SSSR count). The van der Waals surface area contributed by atoms with E-state index in [2.05, 4.69) is 51.0 Å². The van der Waals surface area contributed by atoms with E-state index in [-0.39, 0.29) is 0 Å². The molecule has 2 unspecified atom stereocenters. The smallest absolute Gasteiger partial charge is 0.137 e. The molecule has 20 heavy (non-hydrogen) atoms. The van der Waals surface area contributed by atoms with Crippen LogP contribution in [0.2, 0.25) is 0 Å². The highest BCUT2D eigenvalue weighted by atomic mass is 16.5. The lowest BCUT2D eigenvalue weighted by atomic mass is 9.77. The average Bonchev–Trinajstić information content (AvgIpc) is 2.42. The van der Waals surface area contributed by atoms with Crippen molar-refractivity contribution in [2.75, 3.05) is 13.7 Å². The summed E-state index contributed by atoms with van der Waals surface area (Å²) in [5.74, 6) is 1.46. The van der Waals surface area contributed by atoms with Crippen LogP contribution in [0.15, 0.2) is 18.5 Å². The van der Waals surface area contributed by atoms with Crippen LogP contribution in [0, 0.1) is 11.3 Å². The Morgan fingerprint density at radius 1 is 1.30 bits per heavy atom. The van der Waals surface area contributed by atoms with E-state index in [0.717, 1.165) is 25.1 Å². The minimum absolute atomic E-state index is 0.318. The molecule has 1 heterocycles. The van der Waals surface area contributed by atoms with Gasteiger partial charge >= 0.3 is 0 Å². The van der Waals surface area contributed by atoms with Gasteiger partial charge in [0.1, 0.15) is 5.75 Å². The molecule has 0 fully saturated rings. The lowest BCUT2D eigenvalue weighted by Gasteiger charge is -2.31. The number of aromatic nitrogens is 1. The van der Waals surface area contributed by atoms with Gasteiger partial charge in [-0.05, 0) is 42.3 Å². The van der Waals surface area contributed by atoms with Gasteiger partial charge in [0.15, 0.2) is 0 Å². The van der Waals surface area contributed by atoms with Crippen molar-refractivity contribution in [1.82, 2.24) is 10.3 Å². The van der Waals surface area contributed by atoms with Crippen LogP contribution < -0.4 is 10.1 Å². The summed E-state index contributed by atoms with van der Waals surface area (Å²) in [5, 5.41) is 3.64. The number of ether oxygens (including phenoxy) is 1. The molecule has 0 amide bonds. The Morgan fingerprint density at radius 2 is 2.00 bits per heavy atom. The second-order valence-electron chi connectivity index (χ2n) is 6.67. The molecule has 0 saturated carbocycles. The van der Waals surface area contributed by atoms with Crippen molar-refractivity contribution in [3.8, 4) is 5.75 Å².